The minimum Gasteiger partial charge on any atom is -0.385 e. The van der Waals surface area contributed by atoms with Crippen LogP contribution in [0.2, 0.25) is 0 Å². The summed E-state index contributed by atoms with van der Waals surface area (Å²) in [7, 11) is 0.225. The van der Waals surface area contributed by atoms with Crippen LogP contribution in [0.4, 0.5) is 5.82 Å². The number of anilines is 1. The third-order valence-electron chi connectivity index (χ3n) is 3.96. The number of sulfone groups is 1. The van der Waals surface area contributed by atoms with Crippen molar-refractivity contribution in [2.45, 2.75) is 25.8 Å². The van der Waals surface area contributed by atoms with Crippen molar-refractivity contribution in [2.75, 3.05) is 44.1 Å². The number of ether oxygens (including phenoxy) is 1. The van der Waals surface area contributed by atoms with Crippen molar-refractivity contribution in [1.29, 1.82) is 0 Å². The van der Waals surface area contributed by atoms with Crippen molar-refractivity contribution in [3.63, 3.8) is 0 Å². The summed E-state index contributed by atoms with van der Waals surface area (Å²) < 4.78 is 28.2. The number of hydrogen-bond donors (Lipinski definition) is 1. The highest BCUT2D eigenvalue weighted by Crippen LogP contribution is 2.19. The summed E-state index contributed by atoms with van der Waals surface area (Å²) in [6.07, 6.45) is 1.29. The van der Waals surface area contributed by atoms with Crippen molar-refractivity contribution in [3.8, 4) is 0 Å². The standard InChI is InChI=1S/C15H24N4O4S/c1-11-17-13(9-14(18-11)16-6-4-7-23-3)15(20)19(2)12-5-8-24(21,22)10-12/h9,12H,4-8,10H2,1-3H3,(H,16,17,18). The van der Waals surface area contributed by atoms with Crippen LogP contribution in [0, 0.1) is 6.92 Å². The van der Waals surface area contributed by atoms with E-state index in [1.165, 1.54) is 4.90 Å². The average molecular weight is 356 g/mol. The highest BCUT2D eigenvalue weighted by molar-refractivity contribution is 7.91. The van der Waals surface area contributed by atoms with Gasteiger partial charge in [0.15, 0.2) is 9.84 Å². The highest BCUT2D eigenvalue weighted by atomic mass is 32.2. The van der Waals surface area contributed by atoms with Crippen LogP contribution in [0.5, 0.6) is 0 Å². The first-order valence-corrected chi connectivity index (χ1v) is 9.70. The molecule has 2 rings (SSSR count). The molecule has 1 N–H and O–H groups in total. The number of nitrogens with one attached hydrogen (secondary N) is 1. The van der Waals surface area contributed by atoms with E-state index in [-0.39, 0.29) is 29.1 Å². The van der Waals surface area contributed by atoms with E-state index >= 15 is 0 Å². The Morgan fingerprint density at radius 3 is 2.83 bits per heavy atom. The first kappa shape index (κ1) is 18.6. The van der Waals surface area contributed by atoms with Gasteiger partial charge in [0.2, 0.25) is 0 Å². The molecule has 8 nitrogen and oxygen atoms in total. The molecule has 1 aliphatic rings. The van der Waals surface area contributed by atoms with Crippen molar-refractivity contribution in [2.24, 2.45) is 0 Å². The van der Waals surface area contributed by atoms with E-state index in [9.17, 15) is 13.2 Å². The summed E-state index contributed by atoms with van der Waals surface area (Å²) in [5.74, 6) is 0.922. The summed E-state index contributed by atoms with van der Waals surface area (Å²) in [6, 6.07) is 1.30. The molecule has 1 aromatic rings. The number of amides is 1. The van der Waals surface area contributed by atoms with E-state index in [0.29, 0.717) is 31.2 Å². The van der Waals surface area contributed by atoms with Crippen LogP contribution in [-0.2, 0) is 14.6 Å². The molecule has 0 aromatic carbocycles. The number of aryl methyl sites for hydroxylation is 1. The van der Waals surface area contributed by atoms with Crippen LogP contribution < -0.4 is 5.32 Å². The van der Waals surface area contributed by atoms with Crippen LogP contribution in [0.15, 0.2) is 6.07 Å². The Balaban J connectivity index is 2.07. The Labute approximate surface area is 142 Å². The van der Waals surface area contributed by atoms with Crippen LogP contribution in [0.3, 0.4) is 0 Å². The van der Waals surface area contributed by atoms with E-state index in [4.69, 9.17) is 4.74 Å². The molecule has 1 saturated heterocycles. The molecular weight excluding hydrogens is 332 g/mol. The molecule has 0 spiro atoms. The largest absolute Gasteiger partial charge is 0.385 e. The number of rotatable bonds is 7. The first-order valence-electron chi connectivity index (χ1n) is 7.88. The monoisotopic (exact) mass is 356 g/mol. The van der Waals surface area contributed by atoms with Gasteiger partial charge in [0.1, 0.15) is 17.3 Å². The van der Waals surface area contributed by atoms with Gasteiger partial charge in [-0.1, -0.05) is 0 Å². The van der Waals surface area contributed by atoms with Gasteiger partial charge in [-0.05, 0) is 19.8 Å². The van der Waals surface area contributed by atoms with E-state index in [1.807, 2.05) is 0 Å². The Hall–Kier alpha value is -1.74. The lowest BCUT2D eigenvalue weighted by Crippen LogP contribution is -2.38. The number of carbonyl (C=O) groups excluding carboxylic acids is 1. The summed E-state index contributed by atoms with van der Waals surface area (Å²) in [5.41, 5.74) is 0.267. The second-order valence-corrected chi connectivity index (χ2v) is 8.16. The molecule has 0 radical (unpaired) electrons. The lowest BCUT2D eigenvalue weighted by Gasteiger charge is -2.23. The number of aromatic nitrogens is 2. The van der Waals surface area contributed by atoms with Gasteiger partial charge in [-0.15, -0.1) is 0 Å². The Morgan fingerprint density at radius 1 is 1.46 bits per heavy atom. The molecular formula is C15H24N4O4S. The fourth-order valence-electron chi connectivity index (χ4n) is 2.63. The summed E-state index contributed by atoms with van der Waals surface area (Å²) in [4.78, 5) is 22.5. The van der Waals surface area contributed by atoms with Crippen molar-refractivity contribution < 1.29 is 17.9 Å². The maximum absolute atomic E-state index is 12.6. The molecule has 1 fully saturated rings. The molecule has 1 aliphatic heterocycles. The van der Waals surface area contributed by atoms with Gasteiger partial charge in [0.05, 0.1) is 11.5 Å². The maximum Gasteiger partial charge on any atom is 0.272 e. The number of methoxy groups -OCH3 is 1. The third kappa shape index (κ3) is 4.88. The third-order valence-corrected chi connectivity index (χ3v) is 5.72. The summed E-state index contributed by atoms with van der Waals surface area (Å²) in [5, 5.41) is 3.14. The van der Waals surface area contributed by atoms with Gasteiger partial charge in [-0.3, -0.25) is 4.79 Å². The second kappa shape index (κ2) is 7.89. The highest BCUT2D eigenvalue weighted by Gasteiger charge is 2.33. The predicted octanol–water partition coefficient (Wildman–Crippen LogP) is 0.493. The SMILES string of the molecule is COCCCNc1cc(C(=O)N(C)C2CCS(=O)(=O)C2)nc(C)n1. The van der Waals surface area contributed by atoms with Crippen LogP contribution in [0.1, 0.15) is 29.2 Å². The maximum atomic E-state index is 12.6. The van der Waals surface area contributed by atoms with Gasteiger partial charge in [-0.25, -0.2) is 18.4 Å². The van der Waals surface area contributed by atoms with E-state index in [1.54, 1.807) is 27.1 Å². The molecule has 9 heteroatoms. The van der Waals surface area contributed by atoms with Crippen LogP contribution >= 0.6 is 0 Å². The van der Waals surface area contributed by atoms with E-state index in [2.05, 4.69) is 15.3 Å². The number of nitrogens with zero attached hydrogens (tertiary/aromatic N) is 3. The summed E-state index contributed by atoms with van der Waals surface area (Å²) >= 11 is 0. The van der Waals surface area contributed by atoms with E-state index in [0.717, 1.165) is 6.42 Å². The molecule has 1 aromatic heterocycles. The fraction of sp³-hybridized carbons (Fsp3) is 0.667. The Bertz CT molecular complexity index is 693. The van der Waals surface area contributed by atoms with Crippen molar-refractivity contribution in [1.82, 2.24) is 14.9 Å². The molecule has 1 atom stereocenters. The van der Waals surface area contributed by atoms with Gasteiger partial charge in [-0.2, -0.15) is 0 Å². The molecule has 24 heavy (non-hydrogen) atoms. The lowest BCUT2D eigenvalue weighted by atomic mass is 10.2. The Morgan fingerprint density at radius 2 is 2.21 bits per heavy atom. The first-order chi connectivity index (χ1) is 11.3. The zero-order valence-electron chi connectivity index (χ0n) is 14.3. The molecule has 134 valence electrons. The minimum absolute atomic E-state index is 0.0153. The van der Waals surface area contributed by atoms with Crippen molar-refractivity contribution >= 4 is 21.6 Å². The molecule has 0 bridgehead atoms. The smallest absolute Gasteiger partial charge is 0.272 e. The van der Waals surface area contributed by atoms with Gasteiger partial charge in [0.25, 0.3) is 5.91 Å². The van der Waals surface area contributed by atoms with Gasteiger partial charge >= 0.3 is 0 Å². The zero-order valence-corrected chi connectivity index (χ0v) is 15.1. The normalized spacial score (nSPS) is 19.2. The predicted molar refractivity (Wildman–Crippen MR) is 90.9 cm³/mol. The fourth-order valence-corrected chi connectivity index (χ4v) is 4.40. The molecule has 1 amide bonds. The number of carbonyl (C=O) groups is 1. The average Bonchev–Trinajstić information content (AvgIpc) is 2.89. The molecule has 0 aliphatic carbocycles. The molecule has 1 unspecified atom stereocenters. The second-order valence-electron chi connectivity index (χ2n) is 5.93. The molecule has 0 saturated carbocycles. The Kier molecular flexibility index (Phi) is 6.11. The zero-order chi connectivity index (χ0) is 17.7. The lowest BCUT2D eigenvalue weighted by molar-refractivity contribution is 0.0741. The van der Waals surface area contributed by atoms with E-state index < -0.39 is 9.84 Å². The topological polar surface area (TPSA) is 101 Å². The molecule has 2 heterocycles. The van der Waals surface area contributed by atoms with Crippen molar-refractivity contribution in [3.05, 3.63) is 17.6 Å². The number of hydrogen-bond acceptors (Lipinski definition) is 7. The van der Waals surface area contributed by atoms with Crippen LogP contribution in [-0.4, -0.2) is 74.0 Å². The minimum atomic E-state index is -3.04. The van der Waals surface area contributed by atoms with Crippen LogP contribution in [0.25, 0.3) is 0 Å². The summed E-state index contributed by atoms with van der Waals surface area (Å²) in [6.45, 7) is 3.04. The quantitative estimate of drug-likeness (QED) is 0.710. The van der Waals surface area contributed by atoms with Gasteiger partial charge in [0, 0.05) is 39.4 Å². The van der Waals surface area contributed by atoms with Gasteiger partial charge < -0.3 is 15.0 Å².